The highest BCUT2D eigenvalue weighted by atomic mass is 16.5. The average molecular weight is 437 g/mol. The van der Waals surface area contributed by atoms with Gasteiger partial charge in [-0.15, -0.1) is 0 Å². The highest BCUT2D eigenvalue weighted by Crippen LogP contribution is 2.28. The Morgan fingerprint density at radius 1 is 0.710 bits per heavy atom. The SMILES string of the molecule is CCCCCCCCCCCCCCCCOC(=O)C1CC=CCC1C(=O)OC(C)C. The number of carbonyl (C=O) groups excluding carboxylic acids is 2. The Hall–Kier alpha value is -1.32. The quantitative estimate of drug-likeness (QED) is 0.126. The number of hydrogen-bond acceptors (Lipinski definition) is 4. The van der Waals surface area contributed by atoms with Crippen LogP contribution < -0.4 is 0 Å². The van der Waals surface area contributed by atoms with Crippen molar-refractivity contribution in [3.63, 3.8) is 0 Å². The van der Waals surface area contributed by atoms with Crippen LogP contribution in [0.2, 0.25) is 0 Å². The van der Waals surface area contributed by atoms with Crippen molar-refractivity contribution in [1.82, 2.24) is 0 Å². The molecule has 0 fully saturated rings. The van der Waals surface area contributed by atoms with Gasteiger partial charge in [0.25, 0.3) is 0 Å². The van der Waals surface area contributed by atoms with Gasteiger partial charge in [0.2, 0.25) is 0 Å². The normalized spacial score (nSPS) is 18.3. The van der Waals surface area contributed by atoms with Gasteiger partial charge in [0, 0.05) is 0 Å². The van der Waals surface area contributed by atoms with E-state index in [-0.39, 0.29) is 18.0 Å². The van der Waals surface area contributed by atoms with Crippen molar-refractivity contribution in [2.45, 2.75) is 130 Å². The lowest BCUT2D eigenvalue weighted by Crippen LogP contribution is -2.34. The Morgan fingerprint density at radius 2 is 1.13 bits per heavy atom. The molecule has 1 aliphatic rings. The van der Waals surface area contributed by atoms with Crippen molar-refractivity contribution in [2.75, 3.05) is 6.61 Å². The van der Waals surface area contributed by atoms with Crippen LogP contribution in [0.1, 0.15) is 124 Å². The second-order valence-corrected chi connectivity index (χ2v) is 9.41. The molecule has 1 aliphatic carbocycles. The smallest absolute Gasteiger partial charge is 0.310 e. The van der Waals surface area contributed by atoms with Crippen molar-refractivity contribution in [3.05, 3.63) is 12.2 Å². The second kappa shape index (κ2) is 18.3. The fraction of sp³-hybridized carbons (Fsp3) is 0.852. The van der Waals surface area contributed by atoms with Gasteiger partial charge >= 0.3 is 11.9 Å². The molecule has 1 rings (SSSR count). The van der Waals surface area contributed by atoms with E-state index in [1.165, 1.54) is 77.0 Å². The molecule has 0 radical (unpaired) electrons. The Bertz CT molecular complexity index is 497. The molecule has 31 heavy (non-hydrogen) atoms. The predicted molar refractivity (Wildman–Crippen MR) is 128 cm³/mol. The van der Waals surface area contributed by atoms with Crippen LogP contribution in [0.25, 0.3) is 0 Å². The summed E-state index contributed by atoms with van der Waals surface area (Å²) in [7, 11) is 0. The molecule has 180 valence electrons. The van der Waals surface area contributed by atoms with Gasteiger partial charge in [-0.3, -0.25) is 9.59 Å². The fourth-order valence-corrected chi connectivity index (χ4v) is 4.23. The summed E-state index contributed by atoms with van der Waals surface area (Å²) in [5.74, 6) is -1.33. The van der Waals surface area contributed by atoms with Crippen LogP contribution in [0.15, 0.2) is 12.2 Å². The summed E-state index contributed by atoms with van der Waals surface area (Å²) in [6.45, 7) is 6.40. The first-order chi connectivity index (χ1) is 15.1. The van der Waals surface area contributed by atoms with E-state index in [9.17, 15) is 9.59 Å². The van der Waals surface area contributed by atoms with Crippen molar-refractivity contribution in [3.8, 4) is 0 Å². The first-order valence-corrected chi connectivity index (χ1v) is 13.1. The molecule has 0 aromatic carbocycles. The first kappa shape index (κ1) is 27.7. The van der Waals surface area contributed by atoms with E-state index in [1.54, 1.807) is 0 Å². The molecule has 0 aliphatic heterocycles. The summed E-state index contributed by atoms with van der Waals surface area (Å²) in [6, 6.07) is 0. The molecule has 2 atom stereocenters. The molecule has 0 bridgehead atoms. The molecule has 0 saturated heterocycles. The summed E-state index contributed by atoms with van der Waals surface area (Å²) in [5, 5.41) is 0. The Labute approximate surface area is 191 Å². The van der Waals surface area contributed by atoms with Gasteiger partial charge in [0.15, 0.2) is 0 Å². The molecule has 0 aromatic rings. The van der Waals surface area contributed by atoms with Crippen LogP contribution in [0.3, 0.4) is 0 Å². The number of hydrogen-bond donors (Lipinski definition) is 0. The Kier molecular flexibility index (Phi) is 16.3. The third kappa shape index (κ3) is 13.6. The van der Waals surface area contributed by atoms with E-state index in [0.29, 0.717) is 19.4 Å². The van der Waals surface area contributed by atoms with Gasteiger partial charge in [-0.05, 0) is 33.1 Å². The molecular formula is C27H48O4. The molecule has 0 aromatic heterocycles. The predicted octanol–water partition coefficient (Wildman–Crippen LogP) is 7.54. The molecule has 0 spiro atoms. The third-order valence-electron chi connectivity index (χ3n) is 6.13. The summed E-state index contributed by atoms with van der Waals surface area (Å²) in [6.07, 6.45) is 23.2. The minimum absolute atomic E-state index is 0.161. The van der Waals surface area contributed by atoms with Crippen LogP contribution in [0.4, 0.5) is 0 Å². The molecule has 0 amide bonds. The van der Waals surface area contributed by atoms with Crippen LogP contribution >= 0.6 is 0 Å². The van der Waals surface area contributed by atoms with Crippen molar-refractivity contribution in [2.24, 2.45) is 11.8 Å². The number of carbonyl (C=O) groups is 2. The average Bonchev–Trinajstić information content (AvgIpc) is 2.75. The van der Waals surface area contributed by atoms with Crippen molar-refractivity contribution < 1.29 is 19.1 Å². The summed E-state index contributed by atoms with van der Waals surface area (Å²) in [5.41, 5.74) is 0. The summed E-state index contributed by atoms with van der Waals surface area (Å²) >= 11 is 0. The van der Waals surface area contributed by atoms with E-state index >= 15 is 0 Å². The van der Waals surface area contributed by atoms with Crippen LogP contribution in [0.5, 0.6) is 0 Å². The highest BCUT2D eigenvalue weighted by molar-refractivity contribution is 5.82. The van der Waals surface area contributed by atoms with Gasteiger partial charge in [0.05, 0.1) is 24.5 Å². The topological polar surface area (TPSA) is 52.6 Å². The van der Waals surface area contributed by atoms with Crippen molar-refractivity contribution in [1.29, 1.82) is 0 Å². The van der Waals surface area contributed by atoms with Crippen LogP contribution in [0, 0.1) is 11.8 Å². The maximum Gasteiger partial charge on any atom is 0.310 e. The second-order valence-electron chi connectivity index (χ2n) is 9.41. The molecule has 0 saturated carbocycles. The largest absolute Gasteiger partial charge is 0.465 e. The fourth-order valence-electron chi connectivity index (χ4n) is 4.23. The molecule has 2 unspecified atom stereocenters. The van der Waals surface area contributed by atoms with E-state index in [2.05, 4.69) is 6.92 Å². The molecule has 4 nitrogen and oxygen atoms in total. The minimum Gasteiger partial charge on any atom is -0.465 e. The van der Waals surface area contributed by atoms with Gasteiger partial charge in [-0.25, -0.2) is 0 Å². The van der Waals surface area contributed by atoms with E-state index < -0.39 is 11.8 Å². The van der Waals surface area contributed by atoms with Gasteiger partial charge in [0.1, 0.15) is 0 Å². The highest BCUT2D eigenvalue weighted by Gasteiger charge is 2.36. The zero-order valence-corrected chi connectivity index (χ0v) is 20.5. The molecular weight excluding hydrogens is 388 g/mol. The lowest BCUT2D eigenvalue weighted by Gasteiger charge is -2.26. The summed E-state index contributed by atoms with van der Waals surface area (Å²) < 4.78 is 10.8. The Morgan fingerprint density at radius 3 is 1.58 bits per heavy atom. The van der Waals surface area contributed by atoms with Crippen LogP contribution in [-0.4, -0.2) is 24.6 Å². The minimum atomic E-state index is -0.406. The van der Waals surface area contributed by atoms with E-state index in [1.807, 2.05) is 26.0 Å². The van der Waals surface area contributed by atoms with Gasteiger partial charge < -0.3 is 9.47 Å². The zero-order chi connectivity index (χ0) is 22.7. The number of ether oxygens (including phenoxy) is 2. The standard InChI is InChI=1S/C27H48O4/c1-4-5-6-7-8-9-10-11-12-13-14-15-16-19-22-30-26(28)24-20-17-18-21-25(24)27(29)31-23(2)3/h17-18,23-25H,4-16,19-22H2,1-3H3. The molecule has 4 heteroatoms. The lowest BCUT2D eigenvalue weighted by atomic mass is 9.83. The van der Waals surface area contributed by atoms with Gasteiger partial charge in [-0.1, -0.05) is 103 Å². The monoisotopic (exact) mass is 436 g/mol. The molecule has 0 N–H and O–H groups in total. The van der Waals surface area contributed by atoms with E-state index in [0.717, 1.165) is 12.8 Å². The lowest BCUT2D eigenvalue weighted by molar-refractivity contribution is -0.163. The molecule has 0 heterocycles. The maximum absolute atomic E-state index is 12.5. The first-order valence-electron chi connectivity index (χ1n) is 13.1. The number of rotatable bonds is 18. The summed E-state index contributed by atoms with van der Waals surface area (Å²) in [4.78, 5) is 24.7. The number of esters is 2. The Balaban J connectivity index is 2.00. The maximum atomic E-state index is 12.5. The van der Waals surface area contributed by atoms with Crippen LogP contribution in [-0.2, 0) is 19.1 Å². The number of allylic oxidation sites excluding steroid dienone is 2. The third-order valence-corrected chi connectivity index (χ3v) is 6.13. The zero-order valence-electron chi connectivity index (χ0n) is 20.5. The van der Waals surface area contributed by atoms with Gasteiger partial charge in [-0.2, -0.15) is 0 Å². The van der Waals surface area contributed by atoms with Crippen molar-refractivity contribution >= 4 is 11.9 Å². The van der Waals surface area contributed by atoms with E-state index in [4.69, 9.17) is 9.47 Å². The number of unbranched alkanes of at least 4 members (excludes halogenated alkanes) is 13.